The minimum absolute atomic E-state index is 0.0102. The third-order valence-corrected chi connectivity index (χ3v) is 3.66. The van der Waals surface area contributed by atoms with E-state index in [1.54, 1.807) is 17.2 Å². The molecule has 1 aromatic rings. The van der Waals surface area contributed by atoms with E-state index in [-0.39, 0.29) is 18.1 Å². The first-order chi connectivity index (χ1) is 8.18. The van der Waals surface area contributed by atoms with Gasteiger partial charge in [0.25, 0.3) is 0 Å². The molecule has 0 radical (unpaired) electrons. The summed E-state index contributed by atoms with van der Waals surface area (Å²) in [6, 6.07) is 3.14. The Hall–Kier alpha value is -1.43. The normalized spacial score (nSPS) is 15.9. The first kappa shape index (κ1) is 12.0. The summed E-state index contributed by atoms with van der Waals surface area (Å²) in [5.74, 6) is 0.910. The predicted octanol–water partition coefficient (Wildman–Crippen LogP) is 0.762. The summed E-state index contributed by atoms with van der Waals surface area (Å²) in [7, 11) is 0. The lowest BCUT2D eigenvalue weighted by atomic mass is 10.4. The molecule has 0 aromatic carbocycles. The molecule has 1 aromatic heterocycles. The molecule has 0 unspecified atom stereocenters. The number of carboxylic acid groups (broad SMARTS) is 1. The van der Waals surface area contributed by atoms with Gasteiger partial charge in [0, 0.05) is 30.8 Å². The Morgan fingerprint density at radius 3 is 2.71 bits per heavy atom. The first-order valence-corrected chi connectivity index (χ1v) is 6.58. The molecule has 2 rings (SSSR count). The number of hydrogen-bond donors (Lipinski definition) is 1. The van der Waals surface area contributed by atoms with Crippen molar-refractivity contribution in [2.24, 2.45) is 0 Å². The second kappa shape index (κ2) is 5.27. The highest BCUT2D eigenvalue weighted by Gasteiger charge is 2.18. The van der Waals surface area contributed by atoms with Crippen molar-refractivity contribution >= 4 is 23.6 Å². The monoisotopic (exact) mass is 254 g/mol. The van der Waals surface area contributed by atoms with Gasteiger partial charge in [-0.2, -0.15) is 11.8 Å². The number of carbonyl (C=O) groups excluding carboxylic acids is 1. The fraction of sp³-hybridized carbons (Fsp3) is 0.455. The van der Waals surface area contributed by atoms with Gasteiger partial charge in [0.2, 0.25) is 5.91 Å². The van der Waals surface area contributed by atoms with Gasteiger partial charge in [-0.25, -0.2) is 4.79 Å². The summed E-state index contributed by atoms with van der Waals surface area (Å²) in [6.45, 7) is 1.62. The van der Waals surface area contributed by atoms with Crippen molar-refractivity contribution in [1.29, 1.82) is 0 Å². The molecule has 1 fully saturated rings. The molecule has 2 heterocycles. The van der Waals surface area contributed by atoms with Gasteiger partial charge in [-0.3, -0.25) is 4.79 Å². The molecule has 1 aliphatic heterocycles. The van der Waals surface area contributed by atoms with Crippen molar-refractivity contribution in [3.8, 4) is 0 Å². The number of rotatable bonds is 3. The molecule has 0 bridgehead atoms. The van der Waals surface area contributed by atoms with Crippen LogP contribution in [0.4, 0.5) is 0 Å². The molecule has 92 valence electrons. The molecule has 0 spiro atoms. The highest BCUT2D eigenvalue weighted by Crippen LogP contribution is 2.10. The summed E-state index contributed by atoms with van der Waals surface area (Å²) in [6.07, 6.45) is 1.63. The van der Waals surface area contributed by atoms with Gasteiger partial charge in [0.1, 0.15) is 12.2 Å². The lowest BCUT2D eigenvalue weighted by Gasteiger charge is -2.26. The van der Waals surface area contributed by atoms with Gasteiger partial charge in [0.05, 0.1) is 0 Å². The van der Waals surface area contributed by atoms with Crippen LogP contribution in [0.3, 0.4) is 0 Å². The number of thioether (sulfide) groups is 1. The van der Waals surface area contributed by atoms with Gasteiger partial charge < -0.3 is 14.6 Å². The van der Waals surface area contributed by atoms with Crippen LogP contribution >= 0.6 is 11.8 Å². The van der Waals surface area contributed by atoms with Gasteiger partial charge in [0.15, 0.2) is 0 Å². The molecule has 5 nitrogen and oxygen atoms in total. The third kappa shape index (κ3) is 2.82. The molecule has 6 heteroatoms. The Balaban J connectivity index is 2.02. The molecule has 0 aliphatic carbocycles. The van der Waals surface area contributed by atoms with Crippen LogP contribution in [0.1, 0.15) is 10.5 Å². The molecule has 1 N–H and O–H groups in total. The van der Waals surface area contributed by atoms with Gasteiger partial charge in [-0.1, -0.05) is 0 Å². The molecular weight excluding hydrogens is 240 g/mol. The number of aromatic nitrogens is 1. The standard InChI is InChI=1S/C11H14N2O3S/c14-10(12-4-6-17-7-5-12)8-13-3-1-2-9(13)11(15)16/h1-3H,4-8H2,(H,15,16). The summed E-state index contributed by atoms with van der Waals surface area (Å²) in [5, 5.41) is 8.93. The van der Waals surface area contributed by atoms with E-state index in [0.29, 0.717) is 0 Å². The van der Waals surface area contributed by atoms with E-state index in [1.165, 1.54) is 10.6 Å². The Bertz CT molecular complexity index is 424. The largest absolute Gasteiger partial charge is 0.477 e. The number of carboxylic acids is 1. The fourth-order valence-corrected chi connectivity index (χ4v) is 2.71. The topological polar surface area (TPSA) is 62.5 Å². The maximum absolute atomic E-state index is 11.9. The number of hydrogen-bond acceptors (Lipinski definition) is 3. The van der Waals surface area contributed by atoms with Crippen LogP contribution in [0.5, 0.6) is 0 Å². The third-order valence-electron chi connectivity index (χ3n) is 2.72. The van der Waals surface area contributed by atoms with Crippen LogP contribution in [-0.4, -0.2) is 51.0 Å². The number of nitrogens with zero attached hydrogens (tertiary/aromatic N) is 2. The fourth-order valence-electron chi connectivity index (χ4n) is 1.80. The van der Waals surface area contributed by atoms with Crippen molar-refractivity contribution < 1.29 is 14.7 Å². The molecule has 1 amide bonds. The molecule has 0 saturated carbocycles. The first-order valence-electron chi connectivity index (χ1n) is 5.42. The maximum atomic E-state index is 11.9. The van der Waals surface area contributed by atoms with Crippen LogP contribution in [-0.2, 0) is 11.3 Å². The summed E-state index contributed by atoms with van der Waals surface area (Å²) < 4.78 is 1.48. The molecule has 0 atom stereocenters. The SMILES string of the molecule is O=C(O)c1cccn1CC(=O)N1CCSCC1. The van der Waals surface area contributed by atoms with E-state index in [1.807, 2.05) is 11.8 Å². The zero-order valence-electron chi connectivity index (χ0n) is 9.33. The van der Waals surface area contributed by atoms with E-state index in [2.05, 4.69) is 0 Å². The maximum Gasteiger partial charge on any atom is 0.352 e. The van der Waals surface area contributed by atoms with Crippen molar-refractivity contribution in [1.82, 2.24) is 9.47 Å². The minimum atomic E-state index is -1.00. The van der Waals surface area contributed by atoms with Crippen molar-refractivity contribution in [3.63, 3.8) is 0 Å². The lowest BCUT2D eigenvalue weighted by molar-refractivity contribution is -0.131. The van der Waals surface area contributed by atoms with Crippen LogP contribution in [0.2, 0.25) is 0 Å². The minimum Gasteiger partial charge on any atom is -0.477 e. The molecule has 17 heavy (non-hydrogen) atoms. The Labute approximate surface area is 103 Å². The van der Waals surface area contributed by atoms with E-state index in [0.717, 1.165) is 24.6 Å². The predicted molar refractivity (Wildman–Crippen MR) is 65.3 cm³/mol. The average Bonchev–Trinajstić information content (AvgIpc) is 2.78. The van der Waals surface area contributed by atoms with E-state index in [4.69, 9.17) is 5.11 Å². The highest BCUT2D eigenvalue weighted by atomic mass is 32.2. The van der Waals surface area contributed by atoms with Crippen LogP contribution < -0.4 is 0 Å². The second-order valence-corrected chi connectivity index (χ2v) is 5.04. The lowest BCUT2D eigenvalue weighted by Crippen LogP contribution is -2.40. The van der Waals surface area contributed by atoms with Crippen LogP contribution in [0.25, 0.3) is 0 Å². The van der Waals surface area contributed by atoms with E-state index >= 15 is 0 Å². The molecule has 1 saturated heterocycles. The summed E-state index contributed by atoms with van der Waals surface area (Å²) in [4.78, 5) is 24.6. The number of carbonyl (C=O) groups is 2. The van der Waals surface area contributed by atoms with Gasteiger partial charge in [-0.05, 0) is 12.1 Å². The number of amides is 1. The van der Waals surface area contributed by atoms with Gasteiger partial charge >= 0.3 is 5.97 Å². The summed E-state index contributed by atoms with van der Waals surface area (Å²) in [5.41, 5.74) is 0.157. The average molecular weight is 254 g/mol. The van der Waals surface area contributed by atoms with Crippen LogP contribution in [0.15, 0.2) is 18.3 Å². The quantitative estimate of drug-likeness (QED) is 0.865. The Morgan fingerprint density at radius 1 is 1.35 bits per heavy atom. The zero-order chi connectivity index (χ0) is 12.3. The van der Waals surface area contributed by atoms with Crippen molar-refractivity contribution in [2.75, 3.05) is 24.6 Å². The zero-order valence-corrected chi connectivity index (χ0v) is 10.2. The van der Waals surface area contributed by atoms with Crippen molar-refractivity contribution in [3.05, 3.63) is 24.0 Å². The Kier molecular flexibility index (Phi) is 3.73. The Morgan fingerprint density at radius 2 is 2.06 bits per heavy atom. The van der Waals surface area contributed by atoms with Crippen molar-refractivity contribution in [2.45, 2.75) is 6.54 Å². The van der Waals surface area contributed by atoms with Gasteiger partial charge in [-0.15, -0.1) is 0 Å². The highest BCUT2D eigenvalue weighted by molar-refractivity contribution is 7.99. The van der Waals surface area contributed by atoms with E-state index < -0.39 is 5.97 Å². The molecule has 1 aliphatic rings. The summed E-state index contributed by atoms with van der Waals surface area (Å²) >= 11 is 1.84. The number of aromatic carboxylic acids is 1. The van der Waals surface area contributed by atoms with E-state index in [9.17, 15) is 9.59 Å². The second-order valence-electron chi connectivity index (χ2n) is 3.82. The molecular formula is C11H14N2O3S. The smallest absolute Gasteiger partial charge is 0.352 e. The van der Waals surface area contributed by atoms with Crippen LogP contribution in [0, 0.1) is 0 Å².